The van der Waals surface area contributed by atoms with Crippen molar-refractivity contribution in [3.63, 3.8) is 0 Å². The van der Waals surface area contributed by atoms with E-state index >= 15 is 0 Å². The van der Waals surface area contributed by atoms with E-state index < -0.39 is 5.97 Å². The summed E-state index contributed by atoms with van der Waals surface area (Å²) >= 11 is 0. The van der Waals surface area contributed by atoms with E-state index in [9.17, 15) is 4.79 Å². The first kappa shape index (κ1) is 20.7. The second-order valence-electron chi connectivity index (χ2n) is 6.08. The van der Waals surface area contributed by atoms with Crippen LogP contribution in [0.3, 0.4) is 0 Å². The first-order chi connectivity index (χ1) is 10.6. The van der Waals surface area contributed by atoms with Crippen LogP contribution < -0.4 is 11.1 Å². The number of nitrogens with two attached hydrogens (primary N) is 1. The lowest BCUT2D eigenvalue weighted by Gasteiger charge is -2.04. The molecule has 0 heterocycles. The highest BCUT2D eigenvalue weighted by Gasteiger charge is 1.97. The molecule has 22 heavy (non-hydrogen) atoms. The topological polar surface area (TPSA) is 99.2 Å². The van der Waals surface area contributed by atoms with Gasteiger partial charge in [-0.3, -0.25) is 10.2 Å². The third-order valence-electron chi connectivity index (χ3n) is 3.88. The summed E-state index contributed by atoms with van der Waals surface area (Å²) in [5, 5.41) is 18.4. The SMILES string of the molecule is N=C(N)NCCCCCCCCCCCCCCCC(=O)O. The van der Waals surface area contributed by atoms with Gasteiger partial charge in [0.25, 0.3) is 0 Å². The minimum Gasteiger partial charge on any atom is -0.481 e. The molecule has 0 unspecified atom stereocenters. The minimum atomic E-state index is -0.671. The van der Waals surface area contributed by atoms with Crippen molar-refractivity contribution < 1.29 is 9.90 Å². The van der Waals surface area contributed by atoms with Gasteiger partial charge < -0.3 is 16.2 Å². The molecule has 130 valence electrons. The summed E-state index contributed by atoms with van der Waals surface area (Å²) in [6.45, 7) is 0.821. The number of carbonyl (C=O) groups is 1. The predicted molar refractivity (Wildman–Crippen MR) is 92.2 cm³/mol. The van der Waals surface area contributed by atoms with E-state index in [0.717, 1.165) is 25.8 Å². The van der Waals surface area contributed by atoms with Gasteiger partial charge in [0.05, 0.1) is 0 Å². The number of nitrogens with one attached hydrogen (secondary N) is 2. The van der Waals surface area contributed by atoms with Gasteiger partial charge in [-0.25, -0.2) is 0 Å². The van der Waals surface area contributed by atoms with E-state index in [1.807, 2.05) is 0 Å². The Morgan fingerprint density at radius 1 is 0.773 bits per heavy atom. The van der Waals surface area contributed by atoms with Crippen LogP contribution in [0.4, 0.5) is 0 Å². The molecule has 0 radical (unpaired) electrons. The summed E-state index contributed by atoms with van der Waals surface area (Å²) in [6.07, 6.45) is 16.2. The first-order valence-electron chi connectivity index (χ1n) is 8.92. The zero-order valence-electron chi connectivity index (χ0n) is 14.0. The Balaban J connectivity index is 2.99. The molecule has 0 rings (SSSR count). The number of unbranched alkanes of at least 4 members (excludes halogenated alkanes) is 12. The molecule has 5 nitrogen and oxygen atoms in total. The van der Waals surface area contributed by atoms with Crippen molar-refractivity contribution >= 4 is 11.9 Å². The molecule has 0 aliphatic carbocycles. The third kappa shape index (κ3) is 18.7. The molecule has 5 heteroatoms. The Kier molecular flexibility index (Phi) is 15.2. The van der Waals surface area contributed by atoms with E-state index in [4.69, 9.17) is 16.2 Å². The molecule has 0 aliphatic rings. The molecule has 0 bridgehead atoms. The number of carboxylic acid groups (broad SMARTS) is 1. The second-order valence-corrected chi connectivity index (χ2v) is 6.08. The summed E-state index contributed by atoms with van der Waals surface area (Å²) in [5.74, 6) is -0.600. The Hall–Kier alpha value is -1.26. The second kappa shape index (κ2) is 16.1. The molecular weight excluding hydrogens is 278 g/mol. The average molecular weight is 313 g/mol. The molecule has 0 aromatic rings. The van der Waals surface area contributed by atoms with Gasteiger partial charge in [0.15, 0.2) is 5.96 Å². The fourth-order valence-electron chi connectivity index (χ4n) is 2.57. The van der Waals surface area contributed by atoms with Crippen molar-refractivity contribution in [1.82, 2.24) is 5.32 Å². The molecule has 0 fully saturated rings. The fourth-order valence-corrected chi connectivity index (χ4v) is 2.57. The summed E-state index contributed by atoms with van der Waals surface area (Å²) in [7, 11) is 0. The monoisotopic (exact) mass is 313 g/mol. The Morgan fingerprint density at radius 2 is 1.14 bits per heavy atom. The maximum Gasteiger partial charge on any atom is 0.303 e. The highest BCUT2D eigenvalue weighted by Crippen LogP contribution is 2.12. The molecule has 0 spiro atoms. The number of carboxylic acids is 1. The van der Waals surface area contributed by atoms with Gasteiger partial charge in [-0.2, -0.15) is 0 Å². The third-order valence-corrected chi connectivity index (χ3v) is 3.88. The number of hydrogen-bond acceptors (Lipinski definition) is 2. The summed E-state index contributed by atoms with van der Waals surface area (Å²) in [6, 6.07) is 0. The van der Waals surface area contributed by atoms with Crippen LogP contribution in [-0.2, 0) is 4.79 Å². The average Bonchev–Trinajstić information content (AvgIpc) is 2.46. The molecule has 0 amide bonds. The first-order valence-corrected chi connectivity index (χ1v) is 8.92. The van der Waals surface area contributed by atoms with Crippen molar-refractivity contribution in [1.29, 1.82) is 5.41 Å². The Bertz CT molecular complexity index is 255. The summed E-state index contributed by atoms with van der Waals surface area (Å²) in [5.41, 5.74) is 5.21. The van der Waals surface area contributed by atoms with Crippen molar-refractivity contribution in [2.45, 2.75) is 89.9 Å². The maximum atomic E-state index is 10.3. The smallest absolute Gasteiger partial charge is 0.303 e. The Morgan fingerprint density at radius 3 is 1.50 bits per heavy atom. The molecule has 0 saturated carbocycles. The van der Waals surface area contributed by atoms with Crippen LogP contribution in [0.1, 0.15) is 89.9 Å². The van der Waals surface area contributed by atoms with Crippen LogP contribution in [0.15, 0.2) is 0 Å². The number of aliphatic carboxylic acids is 1. The van der Waals surface area contributed by atoms with E-state index in [0.29, 0.717) is 6.42 Å². The van der Waals surface area contributed by atoms with Gasteiger partial charge >= 0.3 is 5.97 Å². The lowest BCUT2D eigenvalue weighted by atomic mass is 10.0. The van der Waals surface area contributed by atoms with Crippen LogP contribution in [0.2, 0.25) is 0 Å². The zero-order chi connectivity index (χ0) is 16.5. The minimum absolute atomic E-state index is 0.0712. The molecule has 0 aromatic carbocycles. The highest BCUT2D eigenvalue weighted by atomic mass is 16.4. The van der Waals surface area contributed by atoms with Crippen LogP contribution in [-0.4, -0.2) is 23.6 Å². The normalized spacial score (nSPS) is 10.5. The summed E-state index contributed by atoms with van der Waals surface area (Å²) < 4.78 is 0. The van der Waals surface area contributed by atoms with Gasteiger partial charge in [0, 0.05) is 13.0 Å². The van der Waals surface area contributed by atoms with Gasteiger partial charge in [-0.05, 0) is 12.8 Å². The van der Waals surface area contributed by atoms with Gasteiger partial charge in [-0.1, -0.05) is 70.6 Å². The van der Waals surface area contributed by atoms with Crippen molar-refractivity contribution in [3.05, 3.63) is 0 Å². The van der Waals surface area contributed by atoms with Gasteiger partial charge in [0.2, 0.25) is 0 Å². The fraction of sp³-hybridized carbons (Fsp3) is 0.882. The standard InChI is InChI=1S/C17H35N3O2/c18-17(19)20-15-13-11-9-7-5-3-1-2-4-6-8-10-12-14-16(21)22/h1-15H2,(H,21,22)(H4,18,19,20). The quantitative estimate of drug-likeness (QED) is 0.196. The predicted octanol–water partition coefficient (Wildman–Crippen LogP) is 4.02. The summed E-state index contributed by atoms with van der Waals surface area (Å²) in [4.78, 5) is 10.3. The van der Waals surface area contributed by atoms with E-state index in [2.05, 4.69) is 5.32 Å². The van der Waals surface area contributed by atoms with Crippen molar-refractivity contribution in [3.8, 4) is 0 Å². The lowest BCUT2D eigenvalue weighted by Crippen LogP contribution is -2.30. The number of hydrogen-bond donors (Lipinski definition) is 4. The highest BCUT2D eigenvalue weighted by molar-refractivity contribution is 5.74. The molecule has 0 aromatic heterocycles. The zero-order valence-corrected chi connectivity index (χ0v) is 14.0. The molecule has 0 saturated heterocycles. The number of guanidine groups is 1. The van der Waals surface area contributed by atoms with Gasteiger partial charge in [0.1, 0.15) is 0 Å². The van der Waals surface area contributed by atoms with Gasteiger partial charge in [-0.15, -0.1) is 0 Å². The molecule has 0 atom stereocenters. The van der Waals surface area contributed by atoms with E-state index in [-0.39, 0.29) is 5.96 Å². The van der Waals surface area contributed by atoms with Crippen LogP contribution in [0.25, 0.3) is 0 Å². The maximum absolute atomic E-state index is 10.3. The van der Waals surface area contributed by atoms with Crippen molar-refractivity contribution in [2.75, 3.05) is 6.54 Å². The van der Waals surface area contributed by atoms with Crippen LogP contribution in [0.5, 0.6) is 0 Å². The Labute approximate surface area is 135 Å². The van der Waals surface area contributed by atoms with Crippen molar-refractivity contribution in [2.24, 2.45) is 5.73 Å². The van der Waals surface area contributed by atoms with E-state index in [1.54, 1.807) is 0 Å². The number of rotatable bonds is 16. The van der Waals surface area contributed by atoms with Crippen LogP contribution in [0, 0.1) is 5.41 Å². The van der Waals surface area contributed by atoms with Crippen LogP contribution >= 0.6 is 0 Å². The molecule has 0 aliphatic heterocycles. The largest absolute Gasteiger partial charge is 0.481 e. The molecule has 5 N–H and O–H groups in total. The lowest BCUT2D eigenvalue weighted by molar-refractivity contribution is -0.137. The van der Waals surface area contributed by atoms with E-state index in [1.165, 1.54) is 64.2 Å². The molecular formula is C17H35N3O2.